The smallest absolute Gasteiger partial charge is 0.239 e. The molecule has 0 bridgehead atoms. The van der Waals surface area contributed by atoms with E-state index in [1.54, 1.807) is 24.3 Å². The quantitative estimate of drug-likeness (QED) is 0.762. The summed E-state index contributed by atoms with van der Waals surface area (Å²) in [5, 5.41) is 2.57. The minimum atomic E-state index is -3.35. The van der Waals surface area contributed by atoms with Gasteiger partial charge in [-0.05, 0) is 19.1 Å². The number of nitrogens with zero attached hydrogens (tertiary/aromatic N) is 1. The summed E-state index contributed by atoms with van der Waals surface area (Å²) in [5.41, 5.74) is 6.58. The first-order chi connectivity index (χ1) is 8.36. The number of likely N-dealkylation sites (N-methyl/N-ethyl adjacent to an activating group) is 1. The van der Waals surface area contributed by atoms with Gasteiger partial charge in [-0.2, -0.15) is 4.31 Å². The zero-order chi connectivity index (χ0) is 13.8. The number of carbonyl (C=O) groups excluding carboxylic acids is 1. The standard InChI is InChI=1S/C11H17N3O3S/c1-3-18(16,17)14(2)8-11(15)13-10-7-5-4-6-9(10)12/h4-7H,3,8,12H2,1-2H3,(H,13,15). The highest BCUT2D eigenvalue weighted by atomic mass is 32.2. The maximum absolute atomic E-state index is 11.7. The van der Waals surface area contributed by atoms with E-state index in [1.165, 1.54) is 14.0 Å². The van der Waals surface area contributed by atoms with Gasteiger partial charge in [0.15, 0.2) is 0 Å². The van der Waals surface area contributed by atoms with Gasteiger partial charge in [-0.25, -0.2) is 8.42 Å². The lowest BCUT2D eigenvalue weighted by molar-refractivity contribution is -0.116. The maximum Gasteiger partial charge on any atom is 0.239 e. The van der Waals surface area contributed by atoms with Crippen LogP contribution in [0.2, 0.25) is 0 Å². The van der Waals surface area contributed by atoms with Gasteiger partial charge in [0.05, 0.1) is 23.7 Å². The van der Waals surface area contributed by atoms with Gasteiger partial charge >= 0.3 is 0 Å². The summed E-state index contributed by atoms with van der Waals surface area (Å²) in [4.78, 5) is 11.7. The number of rotatable bonds is 5. The molecule has 0 atom stereocenters. The zero-order valence-electron chi connectivity index (χ0n) is 10.4. The molecule has 0 aliphatic heterocycles. The Morgan fingerprint density at radius 1 is 1.39 bits per heavy atom. The monoisotopic (exact) mass is 271 g/mol. The SMILES string of the molecule is CCS(=O)(=O)N(C)CC(=O)Nc1ccccc1N. The molecule has 7 heteroatoms. The van der Waals surface area contributed by atoms with Crippen LogP contribution in [-0.2, 0) is 14.8 Å². The molecule has 0 heterocycles. The number of para-hydroxylation sites is 2. The lowest BCUT2D eigenvalue weighted by Crippen LogP contribution is -2.35. The fourth-order valence-corrected chi connectivity index (χ4v) is 2.08. The molecule has 1 aromatic carbocycles. The van der Waals surface area contributed by atoms with Gasteiger partial charge in [-0.15, -0.1) is 0 Å². The number of benzene rings is 1. The third-order valence-electron chi connectivity index (χ3n) is 2.44. The van der Waals surface area contributed by atoms with Crippen LogP contribution < -0.4 is 11.1 Å². The molecule has 0 aliphatic rings. The fraction of sp³-hybridized carbons (Fsp3) is 0.364. The Kier molecular flexibility index (Phi) is 4.69. The second kappa shape index (κ2) is 5.83. The summed E-state index contributed by atoms with van der Waals surface area (Å²) in [6.07, 6.45) is 0. The maximum atomic E-state index is 11.7. The molecule has 0 radical (unpaired) electrons. The van der Waals surface area contributed by atoms with Gasteiger partial charge in [-0.1, -0.05) is 12.1 Å². The zero-order valence-corrected chi connectivity index (χ0v) is 11.2. The summed E-state index contributed by atoms with van der Waals surface area (Å²) in [5.74, 6) is -0.461. The highest BCUT2D eigenvalue weighted by molar-refractivity contribution is 7.89. The Morgan fingerprint density at radius 3 is 2.56 bits per heavy atom. The van der Waals surface area contributed by atoms with E-state index in [1.807, 2.05) is 0 Å². The molecular weight excluding hydrogens is 254 g/mol. The van der Waals surface area contributed by atoms with Gasteiger partial charge in [-0.3, -0.25) is 4.79 Å². The molecule has 6 nitrogen and oxygen atoms in total. The van der Waals surface area contributed by atoms with E-state index in [0.29, 0.717) is 11.4 Å². The summed E-state index contributed by atoms with van der Waals surface area (Å²) >= 11 is 0. The van der Waals surface area contributed by atoms with Crippen molar-refractivity contribution in [1.29, 1.82) is 0 Å². The van der Waals surface area contributed by atoms with Gasteiger partial charge < -0.3 is 11.1 Å². The van der Waals surface area contributed by atoms with E-state index in [9.17, 15) is 13.2 Å². The van der Waals surface area contributed by atoms with E-state index in [4.69, 9.17) is 5.73 Å². The van der Waals surface area contributed by atoms with Crippen LogP contribution in [0.3, 0.4) is 0 Å². The molecule has 0 aromatic heterocycles. The number of nitrogens with two attached hydrogens (primary N) is 1. The fourth-order valence-electron chi connectivity index (χ4n) is 1.32. The van der Waals surface area contributed by atoms with Gasteiger partial charge in [0.1, 0.15) is 0 Å². The van der Waals surface area contributed by atoms with Crippen molar-refractivity contribution in [2.45, 2.75) is 6.92 Å². The predicted octanol–water partition coefficient (Wildman–Crippen LogP) is 0.489. The topological polar surface area (TPSA) is 92.5 Å². The molecule has 3 N–H and O–H groups in total. The number of nitrogen functional groups attached to an aromatic ring is 1. The molecule has 0 fully saturated rings. The van der Waals surface area contributed by atoms with Crippen molar-refractivity contribution in [2.24, 2.45) is 0 Å². The Hall–Kier alpha value is -1.60. The first-order valence-electron chi connectivity index (χ1n) is 5.45. The van der Waals surface area contributed by atoms with E-state index >= 15 is 0 Å². The van der Waals surface area contributed by atoms with Gasteiger partial charge in [0.2, 0.25) is 15.9 Å². The van der Waals surface area contributed by atoms with Crippen LogP contribution in [0.15, 0.2) is 24.3 Å². The normalized spacial score (nSPS) is 11.5. The Balaban J connectivity index is 2.66. The highest BCUT2D eigenvalue weighted by Crippen LogP contribution is 2.16. The second-order valence-electron chi connectivity index (χ2n) is 3.79. The number of carbonyl (C=O) groups is 1. The van der Waals surface area contributed by atoms with Crippen LogP contribution in [0, 0.1) is 0 Å². The minimum Gasteiger partial charge on any atom is -0.397 e. The van der Waals surface area contributed by atoms with E-state index < -0.39 is 15.9 Å². The number of anilines is 2. The van der Waals surface area contributed by atoms with Crippen molar-refractivity contribution in [3.63, 3.8) is 0 Å². The molecule has 1 amide bonds. The molecule has 18 heavy (non-hydrogen) atoms. The van der Waals surface area contributed by atoms with Crippen molar-refractivity contribution in [1.82, 2.24) is 4.31 Å². The average Bonchev–Trinajstić information content (AvgIpc) is 2.32. The molecule has 1 rings (SSSR count). The lowest BCUT2D eigenvalue weighted by Gasteiger charge is -2.16. The highest BCUT2D eigenvalue weighted by Gasteiger charge is 2.18. The second-order valence-corrected chi connectivity index (χ2v) is 6.16. The van der Waals surface area contributed by atoms with Crippen molar-refractivity contribution in [3.05, 3.63) is 24.3 Å². The molecule has 100 valence electrons. The predicted molar refractivity (Wildman–Crippen MR) is 71.6 cm³/mol. The van der Waals surface area contributed by atoms with Crippen molar-refractivity contribution in [3.8, 4) is 0 Å². The lowest BCUT2D eigenvalue weighted by atomic mass is 10.2. The van der Waals surface area contributed by atoms with E-state index in [0.717, 1.165) is 4.31 Å². The van der Waals surface area contributed by atoms with Crippen molar-refractivity contribution >= 4 is 27.3 Å². The van der Waals surface area contributed by atoms with E-state index in [2.05, 4.69) is 5.32 Å². The number of hydrogen-bond acceptors (Lipinski definition) is 4. The summed E-state index contributed by atoms with van der Waals surface area (Å²) in [7, 11) is -1.99. The van der Waals surface area contributed by atoms with Crippen LogP contribution in [0.1, 0.15) is 6.92 Å². The summed E-state index contributed by atoms with van der Waals surface area (Å²) < 4.78 is 24.0. The number of hydrogen-bond donors (Lipinski definition) is 2. The Morgan fingerprint density at radius 2 is 2.00 bits per heavy atom. The van der Waals surface area contributed by atoms with Crippen LogP contribution in [0.4, 0.5) is 11.4 Å². The van der Waals surface area contributed by atoms with Crippen molar-refractivity contribution in [2.75, 3.05) is 30.4 Å². The third-order valence-corrected chi connectivity index (χ3v) is 4.25. The van der Waals surface area contributed by atoms with Gasteiger partial charge in [0, 0.05) is 7.05 Å². The molecule has 1 aromatic rings. The average molecular weight is 271 g/mol. The van der Waals surface area contributed by atoms with Gasteiger partial charge in [0.25, 0.3) is 0 Å². The molecule has 0 saturated heterocycles. The molecule has 0 unspecified atom stereocenters. The number of sulfonamides is 1. The van der Waals surface area contributed by atoms with Crippen LogP contribution in [0.5, 0.6) is 0 Å². The minimum absolute atomic E-state index is 0.0374. The molecule has 0 saturated carbocycles. The molecular formula is C11H17N3O3S. The number of nitrogens with one attached hydrogen (secondary N) is 1. The third kappa shape index (κ3) is 3.71. The Bertz CT molecular complexity index is 528. The number of amides is 1. The largest absolute Gasteiger partial charge is 0.397 e. The van der Waals surface area contributed by atoms with Crippen LogP contribution >= 0.6 is 0 Å². The first kappa shape index (κ1) is 14.5. The Labute approximate surface area is 107 Å². The summed E-state index contributed by atoms with van der Waals surface area (Å²) in [6, 6.07) is 6.79. The first-order valence-corrected chi connectivity index (χ1v) is 7.06. The van der Waals surface area contributed by atoms with Crippen molar-refractivity contribution < 1.29 is 13.2 Å². The summed E-state index contributed by atoms with van der Waals surface area (Å²) in [6.45, 7) is 1.30. The van der Waals surface area contributed by atoms with Crippen LogP contribution in [-0.4, -0.2) is 38.0 Å². The van der Waals surface area contributed by atoms with E-state index in [-0.39, 0.29) is 12.3 Å². The molecule has 0 aliphatic carbocycles. The molecule has 0 spiro atoms. The van der Waals surface area contributed by atoms with Crippen LogP contribution in [0.25, 0.3) is 0 Å².